The molecule has 0 unspecified atom stereocenters. The molecule has 0 saturated carbocycles. The van der Waals surface area contributed by atoms with E-state index < -0.39 is 8.07 Å². The molecule has 0 heterocycles. The molecule has 1 nitrogen and oxygen atoms in total. The minimum absolute atomic E-state index is 0.361. The van der Waals surface area contributed by atoms with Crippen molar-refractivity contribution in [2.24, 2.45) is 0 Å². The topological polar surface area (TPSA) is 20.2 Å². The van der Waals surface area contributed by atoms with Crippen molar-refractivity contribution in [3.8, 4) is 5.75 Å². The van der Waals surface area contributed by atoms with E-state index in [0.29, 0.717) is 5.75 Å². The van der Waals surface area contributed by atoms with E-state index >= 15 is 0 Å². The van der Waals surface area contributed by atoms with Gasteiger partial charge in [-0.25, -0.2) is 0 Å². The summed E-state index contributed by atoms with van der Waals surface area (Å²) in [5, 5.41) is 10.5. The van der Waals surface area contributed by atoms with Crippen molar-refractivity contribution in [1.82, 2.24) is 0 Å². The summed E-state index contributed by atoms with van der Waals surface area (Å²) >= 11 is 0. The first-order valence-corrected chi connectivity index (χ1v) is 7.56. The van der Waals surface area contributed by atoms with Crippen LogP contribution in [-0.2, 0) is 0 Å². The zero-order valence-corrected chi connectivity index (χ0v) is 8.96. The fourth-order valence-electron chi connectivity index (χ4n) is 1.12. The molecule has 0 aliphatic carbocycles. The molecule has 0 spiro atoms. The monoisotopic (exact) mass is 180 g/mol. The second kappa shape index (κ2) is 3.31. The van der Waals surface area contributed by atoms with E-state index in [1.807, 2.05) is 12.1 Å². The van der Waals surface area contributed by atoms with Gasteiger partial charge in [-0.1, -0.05) is 43.4 Å². The van der Waals surface area contributed by atoms with Crippen LogP contribution >= 0.6 is 0 Å². The third kappa shape index (κ3) is 1.88. The maximum Gasteiger partial charge on any atom is 0.115 e. The summed E-state index contributed by atoms with van der Waals surface area (Å²) in [6.45, 7) is 6.93. The van der Waals surface area contributed by atoms with E-state index in [-0.39, 0.29) is 0 Å². The minimum Gasteiger partial charge on any atom is -0.508 e. The largest absolute Gasteiger partial charge is 0.508 e. The van der Waals surface area contributed by atoms with Gasteiger partial charge in [-0.3, -0.25) is 0 Å². The Balaban J connectivity index is 2.96. The molecule has 0 saturated heterocycles. The van der Waals surface area contributed by atoms with Crippen LogP contribution in [0.2, 0.25) is 19.1 Å². The normalized spacial score (nSPS) is 11.6. The number of aromatic hydroxyl groups is 1. The lowest BCUT2D eigenvalue weighted by Gasteiger charge is -2.20. The lowest BCUT2D eigenvalue weighted by Crippen LogP contribution is -2.39. The molecular formula is C10H16OSi. The SMILES string of the molecule is CC[Si](C)(C)c1ccc(O)cc1. The standard InChI is InChI=1S/C10H16OSi/c1-4-12(2,3)10-7-5-9(11)6-8-10/h5-8,11H,4H2,1-3H3. The molecule has 0 fully saturated rings. The second-order valence-electron chi connectivity index (χ2n) is 3.78. The molecule has 1 aromatic rings. The van der Waals surface area contributed by atoms with Crippen LogP contribution in [0.3, 0.4) is 0 Å². The van der Waals surface area contributed by atoms with E-state index in [1.165, 1.54) is 11.2 Å². The fourth-order valence-corrected chi connectivity index (χ4v) is 2.59. The Labute approximate surface area is 75.1 Å². The highest BCUT2D eigenvalue weighted by atomic mass is 28.3. The Morgan fingerprint density at radius 1 is 1.17 bits per heavy atom. The number of phenols is 1. The van der Waals surface area contributed by atoms with Gasteiger partial charge < -0.3 is 5.11 Å². The highest BCUT2D eigenvalue weighted by Crippen LogP contribution is 2.11. The van der Waals surface area contributed by atoms with Crippen molar-refractivity contribution in [3.63, 3.8) is 0 Å². The van der Waals surface area contributed by atoms with Crippen LogP contribution in [0.15, 0.2) is 24.3 Å². The summed E-state index contributed by atoms with van der Waals surface area (Å²) in [4.78, 5) is 0. The van der Waals surface area contributed by atoms with Crippen molar-refractivity contribution in [1.29, 1.82) is 0 Å². The summed E-state index contributed by atoms with van der Waals surface area (Å²) in [6, 6.07) is 8.90. The van der Waals surface area contributed by atoms with Crippen LogP contribution in [-0.4, -0.2) is 13.2 Å². The Morgan fingerprint density at radius 2 is 1.67 bits per heavy atom. The van der Waals surface area contributed by atoms with Gasteiger partial charge in [0.1, 0.15) is 5.75 Å². The Hall–Kier alpha value is -0.763. The van der Waals surface area contributed by atoms with Gasteiger partial charge >= 0.3 is 0 Å². The van der Waals surface area contributed by atoms with Gasteiger partial charge in [0.2, 0.25) is 0 Å². The first-order chi connectivity index (χ1) is 5.56. The molecule has 0 amide bonds. The Kier molecular flexibility index (Phi) is 2.57. The van der Waals surface area contributed by atoms with Gasteiger partial charge in [-0.05, 0) is 12.1 Å². The maximum absolute atomic E-state index is 9.11. The third-order valence-electron chi connectivity index (χ3n) is 2.53. The molecule has 1 N–H and O–H groups in total. The zero-order valence-electron chi connectivity index (χ0n) is 7.96. The molecule has 66 valence electrons. The zero-order chi connectivity index (χ0) is 9.19. The van der Waals surface area contributed by atoms with Crippen LogP contribution in [0, 0.1) is 0 Å². The Bertz CT molecular complexity index is 251. The predicted octanol–water partition coefficient (Wildman–Crippen LogP) is 2.33. The molecule has 0 radical (unpaired) electrons. The van der Waals surface area contributed by atoms with Crippen molar-refractivity contribution in [2.45, 2.75) is 26.1 Å². The van der Waals surface area contributed by atoms with E-state index in [9.17, 15) is 0 Å². The van der Waals surface area contributed by atoms with Gasteiger partial charge in [0.25, 0.3) is 0 Å². The molecule has 1 rings (SSSR count). The number of rotatable bonds is 2. The van der Waals surface area contributed by atoms with E-state index in [0.717, 1.165) is 0 Å². The van der Waals surface area contributed by atoms with Gasteiger partial charge in [-0.15, -0.1) is 0 Å². The average Bonchev–Trinajstić information content (AvgIpc) is 2.05. The molecule has 0 aliphatic rings. The molecule has 0 atom stereocenters. The van der Waals surface area contributed by atoms with Crippen LogP contribution in [0.5, 0.6) is 5.75 Å². The van der Waals surface area contributed by atoms with Crippen LogP contribution < -0.4 is 5.19 Å². The summed E-state index contributed by atoms with van der Waals surface area (Å²) in [5.74, 6) is 0.361. The van der Waals surface area contributed by atoms with Gasteiger partial charge in [0.05, 0.1) is 8.07 Å². The molecule has 2 heteroatoms. The molecule has 1 aromatic carbocycles. The fraction of sp³-hybridized carbons (Fsp3) is 0.400. The molecule has 0 aliphatic heterocycles. The summed E-state index contributed by atoms with van der Waals surface area (Å²) in [5.41, 5.74) is 0. The first kappa shape index (κ1) is 9.33. The minimum atomic E-state index is -1.19. The Morgan fingerprint density at radius 3 is 2.08 bits per heavy atom. The van der Waals surface area contributed by atoms with Crippen molar-refractivity contribution in [2.75, 3.05) is 0 Å². The average molecular weight is 180 g/mol. The van der Waals surface area contributed by atoms with Crippen LogP contribution in [0.25, 0.3) is 0 Å². The highest BCUT2D eigenvalue weighted by molar-refractivity contribution is 6.89. The summed E-state index contributed by atoms with van der Waals surface area (Å²) in [7, 11) is -1.19. The van der Waals surface area contributed by atoms with Crippen molar-refractivity contribution < 1.29 is 5.11 Å². The van der Waals surface area contributed by atoms with Gasteiger partial charge in [0, 0.05) is 0 Å². The van der Waals surface area contributed by atoms with E-state index in [1.54, 1.807) is 12.1 Å². The van der Waals surface area contributed by atoms with E-state index in [2.05, 4.69) is 20.0 Å². The number of benzene rings is 1. The second-order valence-corrected chi connectivity index (χ2v) is 8.84. The van der Waals surface area contributed by atoms with Crippen LogP contribution in [0.1, 0.15) is 6.92 Å². The van der Waals surface area contributed by atoms with Gasteiger partial charge in [-0.2, -0.15) is 0 Å². The maximum atomic E-state index is 9.11. The predicted molar refractivity (Wildman–Crippen MR) is 55.7 cm³/mol. The molecule has 0 bridgehead atoms. The van der Waals surface area contributed by atoms with E-state index in [4.69, 9.17) is 5.11 Å². The quantitative estimate of drug-likeness (QED) is 0.693. The van der Waals surface area contributed by atoms with Gasteiger partial charge in [0.15, 0.2) is 0 Å². The number of phenolic OH excluding ortho intramolecular Hbond substituents is 1. The number of hydrogen-bond acceptors (Lipinski definition) is 1. The highest BCUT2D eigenvalue weighted by Gasteiger charge is 2.19. The summed E-state index contributed by atoms with van der Waals surface area (Å²) in [6.07, 6.45) is 0. The number of hydrogen-bond donors (Lipinski definition) is 1. The van der Waals surface area contributed by atoms with Crippen molar-refractivity contribution in [3.05, 3.63) is 24.3 Å². The molecule has 12 heavy (non-hydrogen) atoms. The lowest BCUT2D eigenvalue weighted by atomic mass is 10.3. The summed E-state index contributed by atoms with van der Waals surface area (Å²) < 4.78 is 0. The lowest BCUT2D eigenvalue weighted by molar-refractivity contribution is 0.475. The molecular weight excluding hydrogens is 164 g/mol. The third-order valence-corrected chi connectivity index (χ3v) is 6.20. The van der Waals surface area contributed by atoms with Crippen LogP contribution in [0.4, 0.5) is 0 Å². The first-order valence-electron chi connectivity index (χ1n) is 4.36. The van der Waals surface area contributed by atoms with Crippen molar-refractivity contribution >= 4 is 13.3 Å². The molecule has 0 aromatic heterocycles. The smallest absolute Gasteiger partial charge is 0.115 e.